The molecule has 0 aromatic heterocycles. The number of rotatable bonds is 11. The molecule has 0 heterocycles. The maximum absolute atomic E-state index is 5.89. The molecular weight excluding hydrogens is 320 g/mol. The third kappa shape index (κ3) is 5.59. The second-order valence-corrected chi connectivity index (χ2v) is 6.60. The van der Waals surface area contributed by atoms with Crippen molar-refractivity contribution in [2.24, 2.45) is 0 Å². The van der Waals surface area contributed by atoms with Gasteiger partial charge < -0.3 is 9.47 Å². The summed E-state index contributed by atoms with van der Waals surface area (Å²) in [6, 6.07) is 10.5. The van der Waals surface area contributed by atoms with E-state index in [1.54, 1.807) is 0 Å². The smallest absolute Gasteiger partial charge is 0.122 e. The maximum Gasteiger partial charge on any atom is 0.122 e. The molecule has 0 fully saturated rings. The molecule has 2 aromatic carbocycles. The molecule has 0 aliphatic rings. The predicted octanol–water partition coefficient (Wildman–Crippen LogP) is 6.51. The molecule has 0 bridgehead atoms. The second-order valence-electron chi connectivity index (χ2n) is 6.23. The number of benzene rings is 2. The molecule has 2 aromatic rings. The molecule has 0 amide bonds. The minimum absolute atomic E-state index is 0.759. The van der Waals surface area contributed by atoms with Crippen molar-refractivity contribution in [3.05, 3.63) is 35.9 Å². The Hall–Kier alpha value is -1.41. The predicted molar refractivity (Wildman–Crippen MR) is 104 cm³/mol. The van der Waals surface area contributed by atoms with Gasteiger partial charge in [0, 0.05) is 5.88 Å². The van der Waals surface area contributed by atoms with E-state index in [1.807, 2.05) is 0 Å². The van der Waals surface area contributed by atoms with Crippen LogP contribution in [0.4, 0.5) is 0 Å². The van der Waals surface area contributed by atoms with Crippen molar-refractivity contribution in [3.8, 4) is 11.5 Å². The summed E-state index contributed by atoms with van der Waals surface area (Å²) in [5.41, 5.74) is 1.20. The monoisotopic (exact) mass is 348 g/mol. The van der Waals surface area contributed by atoms with Crippen molar-refractivity contribution in [2.45, 2.75) is 52.4 Å². The van der Waals surface area contributed by atoms with Crippen molar-refractivity contribution < 1.29 is 9.47 Å². The first-order chi connectivity index (χ1) is 11.8. The largest absolute Gasteiger partial charge is 0.494 e. The topological polar surface area (TPSA) is 18.5 Å². The molecule has 0 aliphatic heterocycles. The third-order valence-corrected chi connectivity index (χ3v) is 4.53. The summed E-state index contributed by atoms with van der Waals surface area (Å²) in [6.45, 7) is 5.86. The third-order valence-electron chi connectivity index (χ3n) is 4.26. The van der Waals surface area contributed by atoms with Crippen molar-refractivity contribution in [2.75, 3.05) is 19.1 Å². The lowest BCUT2D eigenvalue weighted by Crippen LogP contribution is -1.99. The van der Waals surface area contributed by atoms with Gasteiger partial charge in [-0.25, -0.2) is 0 Å². The van der Waals surface area contributed by atoms with Crippen LogP contribution in [-0.2, 0) is 0 Å². The Morgan fingerprint density at radius 1 is 0.875 bits per heavy atom. The Morgan fingerprint density at radius 3 is 2.46 bits per heavy atom. The van der Waals surface area contributed by atoms with Crippen LogP contribution >= 0.6 is 11.6 Å². The van der Waals surface area contributed by atoms with E-state index in [0.29, 0.717) is 0 Å². The van der Waals surface area contributed by atoms with E-state index in [4.69, 9.17) is 21.1 Å². The van der Waals surface area contributed by atoms with E-state index in [0.717, 1.165) is 56.3 Å². The molecule has 0 unspecified atom stereocenters. The van der Waals surface area contributed by atoms with Gasteiger partial charge in [-0.1, -0.05) is 38.3 Å². The van der Waals surface area contributed by atoms with Crippen LogP contribution in [0.25, 0.3) is 10.8 Å². The summed E-state index contributed by atoms with van der Waals surface area (Å²) >= 11 is 5.68. The van der Waals surface area contributed by atoms with Crippen molar-refractivity contribution in [1.82, 2.24) is 0 Å². The summed E-state index contributed by atoms with van der Waals surface area (Å²) in [4.78, 5) is 0. The first-order valence-electron chi connectivity index (χ1n) is 9.11. The van der Waals surface area contributed by atoms with E-state index in [9.17, 15) is 0 Å². The van der Waals surface area contributed by atoms with Gasteiger partial charge in [-0.05, 0) is 60.7 Å². The summed E-state index contributed by atoms with van der Waals surface area (Å²) in [5, 5.41) is 2.44. The van der Waals surface area contributed by atoms with Crippen LogP contribution in [0.1, 0.15) is 51.0 Å². The van der Waals surface area contributed by atoms with Crippen LogP contribution in [0.2, 0.25) is 0 Å². The lowest BCUT2D eigenvalue weighted by molar-refractivity contribution is 0.305. The first kappa shape index (κ1) is 18.9. The standard InChI is InChI=1S/C21H29ClO2/c1-3-4-14-24-21-12-9-18-16-19(10-11-20(18)17(21)2)23-15-8-6-5-7-13-22/h9-12,16H,3-8,13-15H2,1-2H3. The molecule has 2 nitrogen and oxygen atoms in total. The Labute approximate surface area is 151 Å². The van der Waals surface area contributed by atoms with Gasteiger partial charge in [-0.15, -0.1) is 11.6 Å². The zero-order valence-corrected chi connectivity index (χ0v) is 15.7. The van der Waals surface area contributed by atoms with E-state index in [1.165, 1.54) is 29.2 Å². The molecule has 3 heteroatoms. The van der Waals surface area contributed by atoms with Crippen LogP contribution in [0, 0.1) is 6.92 Å². The molecule has 0 saturated heterocycles. The van der Waals surface area contributed by atoms with Crippen LogP contribution in [0.5, 0.6) is 11.5 Å². The zero-order chi connectivity index (χ0) is 17.2. The maximum atomic E-state index is 5.89. The van der Waals surface area contributed by atoms with Crippen LogP contribution in [0.3, 0.4) is 0 Å². The van der Waals surface area contributed by atoms with E-state index >= 15 is 0 Å². The van der Waals surface area contributed by atoms with Crippen molar-refractivity contribution >= 4 is 22.4 Å². The Kier molecular flexibility index (Phi) is 8.24. The highest BCUT2D eigenvalue weighted by molar-refractivity contribution is 6.17. The van der Waals surface area contributed by atoms with Crippen molar-refractivity contribution in [1.29, 1.82) is 0 Å². The zero-order valence-electron chi connectivity index (χ0n) is 14.9. The number of alkyl halides is 1. The van der Waals surface area contributed by atoms with E-state index < -0.39 is 0 Å². The van der Waals surface area contributed by atoms with Gasteiger partial charge in [0.15, 0.2) is 0 Å². The Balaban J connectivity index is 1.94. The number of fused-ring (bicyclic) bond motifs is 1. The fraction of sp³-hybridized carbons (Fsp3) is 0.524. The molecule has 24 heavy (non-hydrogen) atoms. The molecule has 0 atom stereocenters. The highest BCUT2D eigenvalue weighted by atomic mass is 35.5. The van der Waals surface area contributed by atoms with E-state index in [-0.39, 0.29) is 0 Å². The van der Waals surface area contributed by atoms with Gasteiger partial charge in [0.05, 0.1) is 13.2 Å². The van der Waals surface area contributed by atoms with Gasteiger partial charge in [0.2, 0.25) is 0 Å². The number of ether oxygens (including phenoxy) is 2. The lowest BCUT2D eigenvalue weighted by Gasteiger charge is -2.12. The molecule has 0 spiro atoms. The summed E-state index contributed by atoms with van der Waals surface area (Å²) in [7, 11) is 0. The quantitative estimate of drug-likeness (QED) is 0.340. The fourth-order valence-electron chi connectivity index (χ4n) is 2.76. The summed E-state index contributed by atoms with van der Waals surface area (Å²) < 4.78 is 11.8. The minimum atomic E-state index is 0.759. The fourth-order valence-corrected chi connectivity index (χ4v) is 2.95. The van der Waals surface area contributed by atoms with Crippen LogP contribution in [0.15, 0.2) is 30.3 Å². The molecule has 0 saturated carbocycles. The van der Waals surface area contributed by atoms with Gasteiger partial charge >= 0.3 is 0 Å². The SMILES string of the molecule is CCCCOc1ccc2cc(OCCCCCCCl)ccc2c1C. The average molecular weight is 349 g/mol. The van der Waals surface area contributed by atoms with Crippen LogP contribution in [-0.4, -0.2) is 19.1 Å². The highest BCUT2D eigenvalue weighted by Crippen LogP contribution is 2.30. The molecule has 0 radical (unpaired) electrons. The van der Waals surface area contributed by atoms with Crippen LogP contribution < -0.4 is 9.47 Å². The molecule has 0 N–H and O–H groups in total. The number of aryl methyl sites for hydroxylation is 1. The minimum Gasteiger partial charge on any atom is -0.494 e. The normalized spacial score (nSPS) is 11.0. The summed E-state index contributed by atoms with van der Waals surface area (Å²) in [5.74, 6) is 2.69. The average Bonchev–Trinajstić information content (AvgIpc) is 2.60. The molecule has 2 rings (SSSR count). The number of unbranched alkanes of at least 4 members (excludes halogenated alkanes) is 4. The van der Waals surface area contributed by atoms with Gasteiger partial charge in [-0.3, -0.25) is 0 Å². The van der Waals surface area contributed by atoms with Gasteiger partial charge in [0.1, 0.15) is 11.5 Å². The van der Waals surface area contributed by atoms with Gasteiger partial charge in [0.25, 0.3) is 0 Å². The number of halogens is 1. The lowest BCUT2D eigenvalue weighted by atomic mass is 10.0. The summed E-state index contributed by atoms with van der Waals surface area (Å²) in [6.07, 6.45) is 6.79. The first-order valence-corrected chi connectivity index (χ1v) is 9.64. The Morgan fingerprint density at radius 2 is 1.67 bits per heavy atom. The van der Waals surface area contributed by atoms with Crippen molar-refractivity contribution in [3.63, 3.8) is 0 Å². The second kappa shape index (κ2) is 10.5. The Bertz CT molecular complexity index is 625. The number of hydrogen-bond acceptors (Lipinski definition) is 2. The molecule has 132 valence electrons. The number of hydrogen-bond donors (Lipinski definition) is 0. The highest BCUT2D eigenvalue weighted by Gasteiger charge is 2.06. The molecule has 0 aliphatic carbocycles. The molecular formula is C21H29ClO2. The van der Waals surface area contributed by atoms with Gasteiger partial charge in [-0.2, -0.15) is 0 Å². The van der Waals surface area contributed by atoms with E-state index in [2.05, 4.69) is 44.2 Å².